The summed E-state index contributed by atoms with van der Waals surface area (Å²) in [7, 11) is 0. The van der Waals surface area contributed by atoms with Crippen LogP contribution in [0.4, 0.5) is 9.52 Å². The number of hydrogen-bond acceptors (Lipinski definition) is 4. The third-order valence-corrected chi connectivity index (χ3v) is 3.72. The molecule has 0 aliphatic rings. The minimum Gasteiger partial charge on any atom is -0.298 e. The van der Waals surface area contributed by atoms with Gasteiger partial charge in [0.25, 0.3) is 0 Å². The van der Waals surface area contributed by atoms with Gasteiger partial charge in [-0.15, -0.1) is 11.3 Å². The molecule has 0 bridgehead atoms. The van der Waals surface area contributed by atoms with Crippen LogP contribution in [-0.4, -0.2) is 15.9 Å². The third kappa shape index (κ3) is 4.08. The summed E-state index contributed by atoms with van der Waals surface area (Å²) < 4.78 is 12.8. The summed E-state index contributed by atoms with van der Waals surface area (Å²) in [5.41, 5.74) is 2.22. The van der Waals surface area contributed by atoms with Gasteiger partial charge in [-0.25, -0.2) is 9.37 Å². The van der Waals surface area contributed by atoms with Crippen molar-refractivity contribution in [1.82, 2.24) is 9.97 Å². The lowest BCUT2D eigenvalue weighted by Gasteiger charge is -1.97. The molecule has 1 amide bonds. The summed E-state index contributed by atoms with van der Waals surface area (Å²) in [6.45, 7) is 0. The van der Waals surface area contributed by atoms with Crippen LogP contribution in [0, 0.1) is 5.82 Å². The van der Waals surface area contributed by atoms with Crippen molar-refractivity contribution in [3.8, 4) is 11.4 Å². The highest BCUT2D eigenvalue weighted by molar-refractivity contribution is 7.14. The van der Waals surface area contributed by atoms with Gasteiger partial charge in [-0.05, 0) is 35.9 Å². The van der Waals surface area contributed by atoms with Crippen molar-refractivity contribution >= 4 is 28.5 Å². The smallest absolute Gasteiger partial charge is 0.250 e. The quantitative estimate of drug-likeness (QED) is 0.738. The molecule has 0 aliphatic carbocycles. The van der Waals surface area contributed by atoms with Crippen LogP contribution < -0.4 is 5.32 Å². The summed E-state index contributed by atoms with van der Waals surface area (Å²) in [6, 6.07) is 11.5. The number of benzene rings is 1. The Morgan fingerprint density at radius 1 is 1.13 bits per heavy atom. The highest BCUT2D eigenvalue weighted by atomic mass is 32.1. The molecule has 3 rings (SSSR count). The number of nitrogens with zero attached hydrogens (tertiary/aromatic N) is 2. The Hall–Kier alpha value is -2.86. The van der Waals surface area contributed by atoms with Crippen LogP contribution in [0.25, 0.3) is 17.5 Å². The van der Waals surface area contributed by atoms with Gasteiger partial charge in [0.1, 0.15) is 11.5 Å². The number of hydrogen-bond donors (Lipinski definition) is 1. The number of rotatable bonds is 4. The van der Waals surface area contributed by atoms with E-state index in [4.69, 9.17) is 0 Å². The lowest BCUT2D eigenvalue weighted by Crippen LogP contribution is -2.07. The van der Waals surface area contributed by atoms with Crippen molar-refractivity contribution < 1.29 is 9.18 Å². The molecule has 114 valence electrons. The van der Waals surface area contributed by atoms with E-state index in [2.05, 4.69) is 15.3 Å². The summed E-state index contributed by atoms with van der Waals surface area (Å²) >= 11 is 1.33. The van der Waals surface area contributed by atoms with Crippen molar-refractivity contribution in [2.75, 3.05) is 5.32 Å². The predicted molar refractivity (Wildman–Crippen MR) is 89.4 cm³/mol. The Morgan fingerprint density at radius 3 is 2.70 bits per heavy atom. The normalized spacial score (nSPS) is 10.8. The molecule has 0 aliphatic heterocycles. The molecule has 3 aromatic rings. The van der Waals surface area contributed by atoms with Crippen LogP contribution in [0.2, 0.25) is 0 Å². The summed E-state index contributed by atoms with van der Waals surface area (Å²) in [4.78, 5) is 20.4. The Labute approximate surface area is 136 Å². The molecule has 1 aromatic carbocycles. The first-order valence-electron chi connectivity index (χ1n) is 6.82. The summed E-state index contributed by atoms with van der Waals surface area (Å²) in [5, 5.41) is 5.03. The maximum absolute atomic E-state index is 12.8. The topological polar surface area (TPSA) is 54.9 Å². The molecule has 0 unspecified atom stereocenters. The molecule has 0 spiro atoms. The van der Waals surface area contributed by atoms with Gasteiger partial charge in [-0.2, -0.15) is 0 Å². The molecule has 1 N–H and O–H groups in total. The number of amides is 1. The van der Waals surface area contributed by atoms with Crippen LogP contribution in [0.5, 0.6) is 0 Å². The number of halogens is 1. The Kier molecular flexibility index (Phi) is 4.54. The van der Waals surface area contributed by atoms with E-state index in [1.54, 1.807) is 24.4 Å². The minimum absolute atomic E-state index is 0.295. The molecule has 6 heteroatoms. The van der Waals surface area contributed by atoms with Gasteiger partial charge < -0.3 is 0 Å². The zero-order valence-electron chi connectivity index (χ0n) is 11.9. The van der Waals surface area contributed by atoms with Gasteiger partial charge in [0.2, 0.25) is 5.91 Å². The Balaban J connectivity index is 1.64. The molecule has 0 radical (unpaired) electrons. The SMILES string of the molecule is O=C(/C=C/c1ccc(F)cc1)Nc1nc(-c2ccccn2)cs1. The summed E-state index contributed by atoms with van der Waals surface area (Å²) in [6.07, 6.45) is 4.69. The first-order chi connectivity index (χ1) is 11.2. The molecule has 2 heterocycles. The molecule has 4 nitrogen and oxygen atoms in total. The number of nitrogens with one attached hydrogen (secondary N) is 1. The van der Waals surface area contributed by atoms with Crippen LogP contribution in [0.3, 0.4) is 0 Å². The fourth-order valence-electron chi connectivity index (χ4n) is 1.86. The molecule has 23 heavy (non-hydrogen) atoms. The highest BCUT2D eigenvalue weighted by Gasteiger charge is 2.06. The van der Waals surface area contributed by atoms with Gasteiger partial charge >= 0.3 is 0 Å². The molecule has 2 aromatic heterocycles. The van der Waals surface area contributed by atoms with E-state index in [-0.39, 0.29) is 11.7 Å². The zero-order valence-corrected chi connectivity index (χ0v) is 12.8. The van der Waals surface area contributed by atoms with E-state index in [0.717, 1.165) is 11.3 Å². The summed E-state index contributed by atoms with van der Waals surface area (Å²) in [5.74, 6) is -0.604. The van der Waals surface area contributed by atoms with Gasteiger partial charge in [0.05, 0.1) is 5.69 Å². The van der Waals surface area contributed by atoms with Gasteiger partial charge in [-0.1, -0.05) is 18.2 Å². The molecule has 0 saturated carbocycles. The number of thiazole rings is 1. The average Bonchev–Trinajstić information content (AvgIpc) is 3.04. The highest BCUT2D eigenvalue weighted by Crippen LogP contribution is 2.23. The molecule has 0 fully saturated rings. The van der Waals surface area contributed by atoms with Crippen molar-refractivity contribution in [2.24, 2.45) is 0 Å². The average molecular weight is 325 g/mol. The first kappa shape index (κ1) is 15.1. The number of anilines is 1. The van der Waals surface area contributed by atoms with Crippen molar-refractivity contribution in [3.05, 3.63) is 71.5 Å². The second-order valence-electron chi connectivity index (χ2n) is 4.63. The van der Waals surface area contributed by atoms with Gasteiger partial charge in [0.15, 0.2) is 5.13 Å². The molecule has 0 saturated heterocycles. The maximum Gasteiger partial charge on any atom is 0.250 e. The van der Waals surface area contributed by atoms with Gasteiger partial charge in [0, 0.05) is 17.7 Å². The monoisotopic (exact) mass is 325 g/mol. The lowest BCUT2D eigenvalue weighted by atomic mass is 10.2. The maximum atomic E-state index is 12.8. The van der Waals surface area contributed by atoms with Gasteiger partial charge in [-0.3, -0.25) is 15.1 Å². The van der Waals surface area contributed by atoms with Crippen molar-refractivity contribution in [1.29, 1.82) is 0 Å². The fourth-order valence-corrected chi connectivity index (χ4v) is 2.56. The fraction of sp³-hybridized carbons (Fsp3) is 0. The van der Waals surface area contributed by atoms with E-state index in [0.29, 0.717) is 10.8 Å². The van der Waals surface area contributed by atoms with E-state index in [9.17, 15) is 9.18 Å². The second kappa shape index (κ2) is 6.93. The van der Waals surface area contributed by atoms with E-state index < -0.39 is 0 Å². The standard InChI is InChI=1S/C17H12FN3OS/c18-13-7-4-12(5-8-13)6-9-16(22)21-17-20-15(11-23-17)14-3-1-2-10-19-14/h1-11H,(H,20,21,22)/b9-6+. The Morgan fingerprint density at radius 2 is 1.96 bits per heavy atom. The van der Waals surface area contributed by atoms with Crippen LogP contribution in [0.15, 0.2) is 60.1 Å². The van der Waals surface area contributed by atoms with Crippen LogP contribution in [-0.2, 0) is 4.79 Å². The Bertz CT molecular complexity index is 829. The first-order valence-corrected chi connectivity index (χ1v) is 7.70. The largest absolute Gasteiger partial charge is 0.298 e. The lowest BCUT2D eigenvalue weighted by molar-refractivity contribution is -0.111. The van der Waals surface area contributed by atoms with Crippen LogP contribution >= 0.6 is 11.3 Å². The molecular weight excluding hydrogens is 313 g/mol. The van der Waals surface area contributed by atoms with E-state index >= 15 is 0 Å². The number of carbonyl (C=O) groups excluding carboxylic acids is 1. The van der Waals surface area contributed by atoms with E-state index in [1.807, 2.05) is 23.6 Å². The van der Waals surface area contributed by atoms with E-state index in [1.165, 1.54) is 29.5 Å². The molecule has 0 atom stereocenters. The van der Waals surface area contributed by atoms with Crippen molar-refractivity contribution in [2.45, 2.75) is 0 Å². The second-order valence-corrected chi connectivity index (χ2v) is 5.49. The van der Waals surface area contributed by atoms with Crippen molar-refractivity contribution in [3.63, 3.8) is 0 Å². The predicted octanol–water partition coefficient (Wildman–Crippen LogP) is 4.00. The number of pyridine rings is 1. The molecular formula is C17H12FN3OS. The zero-order chi connectivity index (χ0) is 16.1. The number of aromatic nitrogens is 2. The van der Waals surface area contributed by atoms with Crippen LogP contribution in [0.1, 0.15) is 5.56 Å². The third-order valence-electron chi connectivity index (χ3n) is 2.96. The minimum atomic E-state index is -0.309. The number of carbonyl (C=O) groups is 1.